The lowest BCUT2D eigenvalue weighted by atomic mass is 9.85. The molecule has 1 aromatic heterocycles. The van der Waals surface area contributed by atoms with Gasteiger partial charge in [-0.05, 0) is 81.2 Å². The summed E-state index contributed by atoms with van der Waals surface area (Å²) in [6, 6.07) is 19.7. The van der Waals surface area contributed by atoms with Gasteiger partial charge in [0, 0.05) is 5.69 Å². The van der Waals surface area contributed by atoms with Crippen molar-refractivity contribution in [2.45, 2.75) is 154 Å². The van der Waals surface area contributed by atoms with Crippen LogP contribution in [0.25, 0.3) is 16.3 Å². The normalized spacial score (nSPS) is 12.2. The molecule has 4 aromatic rings. The molecule has 49 heavy (non-hydrogen) atoms. The van der Waals surface area contributed by atoms with Crippen molar-refractivity contribution in [2.75, 3.05) is 5.32 Å². The van der Waals surface area contributed by atoms with E-state index in [1.54, 1.807) is 11.3 Å². The second kappa shape index (κ2) is 21.1. The zero-order chi connectivity index (χ0) is 38.2. The molecule has 2 heterocycles. The molecule has 0 unspecified atom stereocenters. The van der Waals surface area contributed by atoms with E-state index >= 15 is 0 Å². The highest BCUT2D eigenvalue weighted by molar-refractivity contribution is 7.18. The van der Waals surface area contributed by atoms with Gasteiger partial charge in [-0.15, -0.1) is 11.3 Å². The van der Waals surface area contributed by atoms with E-state index in [9.17, 15) is 4.79 Å². The van der Waals surface area contributed by atoms with Crippen molar-refractivity contribution in [1.82, 2.24) is 4.98 Å². The number of benzene rings is 3. The Morgan fingerprint density at radius 1 is 0.633 bits per heavy atom. The highest BCUT2D eigenvalue weighted by Crippen LogP contribution is 2.31. The molecule has 0 saturated heterocycles. The fourth-order valence-corrected chi connectivity index (χ4v) is 5.71. The number of rotatable bonds is 0. The maximum atomic E-state index is 11.1. The van der Waals surface area contributed by atoms with Crippen LogP contribution in [0.1, 0.15) is 156 Å². The fraction of sp³-hybridized carbons (Fsp3) is 0.511. The van der Waals surface area contributed by atoms with Crippen LogP contribution < -0.4 is 5.32 Å². The molecule has 0 spiro atoms. The van der Waals surface area contributed by atoms with Crippen LogP contribution >= 0.6 is 11.3 Å². The largest absolute Gasteiger partial charge is 0.326 e. The van der Waals surface area contributed by atoms with E-state index in [1.165, 1.54) is 32.5 Å². The van der Waals surface area contributed by atoms with E-state index < -0.39 is 0 Å². The summed E-state index contributed by atoms with van der Waals surface area (Å²) in [6.45, 7) is 38.0. The first-order valence-corrected chi connectivity index (χ1v) is 19.4. The third kappa shape index (κ3) is 14.3. The monoisotopic (exact) mass is 687 g/mol. The van der Waals surface area contributed by atoms with Crippen molar-refractivity contribution >= 4 is 39.2 Å². The van der Waals surface area contributed by atoms with Gasteiger partial charge in [0.1, 0.15) is 0 Å². The third-order valence-corrected chi connectivity index (χ3v) is 8.56. The molecule has 3 nitrogen and oxygen atoms in total. The number of carbonyl (C=O) groups excluding carboxylic acids is 1. The third-order valence-electron chi connectivity index (χ3n) is 7.61. The molecule has 1 N–H and O–H groups in total. The minimum Gasteiger partial charge on any atom is -0.326 e. The molecular formula is C45H70N2OS. The summed E-state index contributed by atoms with van der Waals surface area (Å²) in [5.74, 6) is 0.103. The van der Waals surface area contributed by atoms with Crippen LogP contribution in [-0.4, -0.2) is 10.9 Å². The number of aromatic nitrogens is 1. The summed E-state index contributed by atoms with van der Waals surface area (Å²) in [4.78, 5) is 15.7. The smallest absolute Gasteiger partial charge is 0.228 e. The van der Waals surface area contributed by atoms with Gasteiger partial charge in [-0.2, -0.15) is 0 Å². The maximum Gasteiger partial charge on any atom is 0.228 e. The van der Waals surface area contributed by atoms with E-state index in [-0.39, 0.29) is 22.2 Å². The van der Waals surface area contributed by atoms with Crippen LogP contribution in [0.3, 0.4) is 0 Å². The number of nitrogens with one attached hydrogen (secondary N) is 1. The zero-order valence-corrected chi connectivity index (χ0v) is 35.3. The summed E-state index contributed by atoms with van der Waals surface area (Å²) in [5.41, 5.74) is 10.8. The van der Waals surface area contributed by atoms with Crippen LogP contribution in [0, 0.1) is 6.92 Å². The first-order valence-electron chi connectivity index (χ1n) is 18.6. The molecular weight excluding hydrogens is 617 g/mol. The Balaban J connectivity index is 0.000000639. The van der Waals surface area contributed by atoms with Crippen molar-refractivity contribution in [2.24, 2.45) is 0 Å². The van der Waals surface area contributed by atoms with E-state index in [0.717, 1.165) is 28.2 Å². The Hall–Kier alpha value is -3.24. The molecule has 6 rings (SSSR count). The molecule has 0 fully saturated rings. The predicted octanol–water partition coefficient (Wildman–Crippen LogP) is 14.0. The van der Waals surface area contributed by atoms with Crippen molar-refractivity contribution in [3.8, 4) is 0 Å². The van der Waals surface area contributed by atoms with E-state index in [4.69, 9.17) is 0 Å². The number of hydrogen-bond donors (Lipinski definition) is 1. The molecule has 0 atom stereocenters. The van der Waals surface area contributed by atoms with Crippen LogP contribution in [0.2, 0.25) is 0 Å². The molecule has 4 heteroatoms. The summed E-state index contributed by atoms with van der Waals surface area (Å²) < 4.78 is 1.29. The van der Waals surface area contributed by atoms with Gasteiger partial charge < -0.3 is 5.32 Å². The molecule has 1 aliphatic heterocycles. The molecule has 1 aliphatic carbocycles. The van der Waals surface area contributed by atoms with Gasteiger partial charge in [0.05, 0.1) is 21.6 Å². The maximum absolute atomic E-state index is 11.1. The van der Waals surface area contributed by atoms with E-state index in [2.05, 4.69) is 140 Å². The van der Waals surface area contributed by atoms with Crippen molar-refractivity contribution in [3.05, 3.63) is 99.1 Å². The Bertz CT molecular complexity index is 1590. The Morgan fingerprint density at radius 2 is 1.10 bits per heavy atom. The van der Waals surface area contributed by atoms with Crippen molar-refractivity contribution in [1.29, 1.82) is 0 Å². The standard InChI is InChI=1S/C13H16.C12H15NO.C12H15NS.4C2H6/c1-13(2,3)12-8-7-10-5-4-6-11(10)9-12;1-12(2,3)9-5-4-8-6-11(14)13-10(8)7-9;1-8-13-10-7-9(12(2,3)4)5-6-11(10)14-8;4*1-2/h4,6-9H,5H2,1-3H3;4-5,7H,6H2,1-3H3,(H,13,14);5-7H,1-4H3;4*1-2H3. The number of fused-ring (bicyclic) bond motifs is 3. The quantitative estimate of drug-likeness (QED) is 0.200. The summed E-state index contributed by atoms with van der Waals surface area (Å²) in [5, 5.41) is 4.02. The van der Waals surface area contributed by atoms with E-state index in [0.29, 0.717) is 6.42 Å². The first kappa shape index (κ1) is 45.8. The molecule has 3 aromatic carbocycles. The molecule has 0 bridgehead atoms. The molecule has 2 aliphatic rings. The van der Waals surface area contributed by atoms with Crippen LogP contribution in [0.15, 0.2) is 60.7 Å². The van der Waals surface area contributed by atoms with Crippen molar-refractivity contribution in [3.63, 3.8) is 0 Å². The number of hydrogen-bond acceptors (Lipinski definition) is 3. The first-order chi connectivity index (χ1) is 23.0. The highest BCUT2D eigenvalue weighted by Gasteiger charge is 2.21. The van der Waals surface area contributed by atoms with E-state index in [1.807, 2.05) is 61.5 Å². The number of thiazole rings is 1. The number of anilines is 1. The number of allylic oxidation sites excluding steroid dienone is 1. The highest BCUT2D eigenvalue weighted by atomic mass is 32.1. The number of nitrogens with zero attached hydrogens (tertiary/aromatic N) is 1. The second-order valence-corrected chi connectivity index (χ2v) is 15.5. The van der Waals surface area contributed by atoms with Gasteiger partial charge in [0.25, 0.3) is 0 Å². The average molecular weight is 687 g/mol. The lowest BCUT2D eigenvalue weighted by Crippen LogP contribution is -2.11. The predicted molar refractivity (Wildman–Crippen MR) is 224 cm³/mol. The lowest BCUT2D eigenvalue weighted by molar-refractivity contribution is -0.115. The summed E-state index contributed by atoms with van der Waals surface area (Å²) in [6.07, 6.45) is 6.10. The molecule has 0 radical (unpaired) electrons. The Morgan fingerprint density at radius 3 is 1.63 bits per heavy atom. The molecule has 1 amide bonds. The second-order valence-electron chi connectivity index (χ2n) is 14.3. The van der Waals surface area contributed by atoms with Gasteiger partial charge in [0.15, 0.2) is 0 Å². The lowest BCUT2D eigenvalue weighted by Gasteiger charge is -2.19. The number of carbonyl (C=O) groups is 1. The number of aryl methyl sites for hydroxylation is 1. The average Bonchev–Trinajstić information content (AvgIpc) is 3.79. The summed E-state index contributed by atoms with van der Waals surface area (Å²) >= 11 is 1.76. The Kier molecular flexibility index (Phi) is 19.7. The van der Waals surface area contributed by atoms with Crippen molar-refractivity contribution < 1.29 is 4.79 Å². The minimum absolute atomic E-state index is 0.103. The zero-order valence-electron chi connectivity index (χ0n) is 34.5. The molecule has 0 saturated carbocycles. The fourth-order valence-electron chi connectivity index (χ4n) is 4.91. The van der Waals surface area contributed by atoms with Gasteiger partial charge >= 0.3 is 0 Å². The number of amides is 1. The molecule has 272 valence electrons. The van der Waals surface area contributed by atoms with Crippen LogP contribution in [0.5, 0.6) is 0 Å². The Labute approximate surface area is 306 Å². The topological polar surface area (TPSA) is 42.0 Å². The van der Waals surface area contributed by atoms with Crippen LogP contribution in [-0.2, 0) is 33.9 Å². The van der Waals surface area contributed by atoms with Gasteiger partial charge in [-0.3, -0.25) is 4.79 Å². The van der Waals surface area contributed by atoms with Gasteiger partial charge in [0.2, 0.25) is 5.91 Å². The van der Waals surface area contributed by atoms with Gasteiger partial charge in [-0.1, -0.05) is 166 Å². The SMILES string of the molecule is CC.CC.CC.CC.CC(C)(C)c1ccc2c(c1)C=CC2.CC(C)(C)c1ccc2c(c1)NC(=O)C2.Cc1nc2cc(C(C)(C)C)ccc2s1. The van der Waals surface area contributed by atoms with Gasteiger partial charge in [-0.25, -0.2) is 4.98 Å². The minimum atomic E-state index is 0.103. The summed E-state index contributed by atoms with van der Waals surface area (Å²) in [7, 11) is 0. The van der Waals surface area contributed by atoms with Crippen LogP contribution in [0.4, 0.5) is 5.69 Å².